The minimum Gasteiger partial charge on any atom is -0.353 e. The van der Waals surface area contributed by atoms with Crippen LogP contribution in [0.3, 0.4) is 0 Å². The van der Waals surface area contributed by atoms with Gasteiger partial charge in [0.1, 0.15) is 0 Å². The molecule has 2 heterocycles. The van der Waals surface area contributed by atoms with Crippen LogP contribution in [0.15, 0.2) is 36.8 Å². The minimum absolute atomic E-state index is 0.230. The van der Waals surface area contributed by atoms with Crippen molar-refractivity contribution in [1.82, 2.24) is 9.55 Å². The first-order chi connectivity index (χ1) is 9.33. The first kappa shape index (κ1) is 12.4. The molecule has 100 valence electrons. The summed E-state index contributed by atoms with van der Waals surface area (Å²) in [6.45, 7) is 0.983. The van der Waals surface area contributed by atoms with Gasteiger partial charge in [-0.05, 0) is 42.5 Å². The van der Waals surface area contributed by atoms with Gasteiger partial charge in [0.25, 0.3) is 0 Å². The van der Waals surface area contributed by atoms with E-state index in [1.54, 1.807) is 0 Å². The summed E-state index contributed by atoms with van der Waals surface area (Å²) in [5.74, 6) is 0. The van der Waals surface area contributed by atoms with E-state index in [9.17, 15) is 0 Å². The van der Waals surface area contributed by atoms with E-state index in [0.717, 1.165) is 25.1 Å². The summed E-state index contributed by atoms with van der Waals surface area (Å²) in [4.78, 5) is 4.37. The van der Waals surface area contributed by atoms with Gasteiger partial charge in [-0.1, -0.05) is 12.5 Å². The molecule has 3 rings (SSSR count). The Balaban J connectivity index is 1.71. The molecule has 1 aliphatic carbocycles. The third-order valence-electron chi connectivity index (χ3n) is 3.96. The van der Waals surface area contributed by atoms with Crippen molar-refractivity contribution in [3.8, 4) is 0 Å². The molecule has 0 bridgehead atoms. The molecule has 1 aliphatic rings. The third kappa shape index (κ3) is 2.87. The molecule has 2 aromatic rings. The molecule has 0 aromatic carbocycles. The summed E-state index contributed by atoms with van der Waals surface area (Å²) >= 11 is 0. The molecule has 1 atom stereocenters. The molecular formula is C16H21N3. The molecule has 0 fully saturated rings. The van der Waals surface area contributed by atoms with Crippen molar-refractivity contribution in [3.05, 3.63) is 53.6 Å². The Bertz CT molecular complexity index is 530. The Morgan fingerprint density at radius 2 is 2.21 bits per heavy atom. The number of hydrogen-bond donors (Lipinski definition) is 1. The molecule has 0 radical (unpaired) electrons. The lowest BCUT2D eigenvalue weighted by molar-refractivity contribution is 0.605. The van der Waals surface area contributed by atoms with Gasteiger partial charge in [-0.25, -0.2) is 0 Å². The standard InChI is InChI=1S/C16H21N3/c17-16-7-2-1-5-13-11-19(12-15(13)16)10-8-14-6-3-4-9-18-14/h3-4,6,9,11-12,16H,1-2,5,7-8,10,17H2. The molecule has 2 N–H and O–H groups in total. The van der Waals surface area contributed by atoms with Crippen LogP contribution in [-0.2, 0) is 19.4 Å². The van der Waals surface area contributed by atoms with E-state index in [1.165, 1.54) is 30.4 Å². The highest BCUT2D eigenvalue weighted by atomic mass is 14.9. The van der Waals surface area contributed by atoms with Gasteiger partial charge >= 0.3 is 0 Å². The lowest BCUT2D eigenvalue weighted by Gasteiger charge is -2.07. The molecule has 1 unspecified atom stereocenters. The molecule has 0 amide bonds. The maximum absolute atomic E-state index is 6.24. The fourth-order valence-electron chi connectivity index (χ4n) is 2.87. The van der Waals surface area contributed by atoms with Gasteiger partial charge < -0.3 is 10.3 Å². The summed E-state index contributed by atoms with van der Waals surface area (Å²) in [5.41, 5.74) is 10.2. The fraction of sp³-hybridized carbons (Fsp3) is 0.438. The molecule has 0 spiro atoms. The van der Waals surface area contributed by atoms with E-state index in [4.69, 9.17) is 5.73 Å². The number of nitrogens with two attached hydrogens (primary N) is 1. The number of pyridine rings is 1. The highest BCUT2D eigenvalue weighted by Gasteiger charge is 2.17. The zero-order valence-corrected chi connectivity index (χ0v) is 11.3. The van der Waals surface area contributed by atoms with Crippen molar-refractivity contribution in [2.75, 3.05) is 0 Å². The molecule has 0 aliphatic heterocycles. The van der Waals surface area contributed by atoms with Crippen molar-refractivity contribution in [1.29, 1.82) is 0 Å². The third-order valence-corrected chi connectivity index (χ3v) is 3.96. The summed E-state index contributed by atoms with van der Waals surface area (Å²) in [6.07, 6.45) is 12.2. The van der Waals surface area contributed by atoms with Crippen LogP contribution in [0.2, 0.25) is 0 Å². The molecular weight excluding hydrogens is 234 g/mol. The Hall–Kier alpha value is -1.61. The van der Waals surface area contributed by atoms with E-state index in [1.807, 2.05) is 18.3 Å². The van der Waals surface area contributed by atoms with Gasteiger partial charge in [0, 0.05) is 43.3 Å². The van der Waals surface area contributed by atoms with Gasteiger partial charge in [0.2, 0.25) is 0 Å². The van der Waals surface area contributed by atoms with Crippen LogP contribution >= 0.6 is 0 Å². The highest BCUT2D eigenvalue weighted by Crippen LogP contribution is 2.27. The Morgan fingerprint density at radius 3 is 3.05 bits per heavy atom. The van der Waals surface area contributed by atoms with E-state index < -0.39 is 0 Å². The maximum Gasteiger partial charge on any atom is 0.0421 e. The molecule has 0 saturated heterocycles. The van der Waals surface area contributed by atoms with Crippen molar-refractivity contribution in [3.63, 3.8) is 0 Å². The highest BCUT2D eigenvalue weighted by molar-refractivity contribution is 5.29. The second-order valence-electron chi connectivity index (χ2n) is 5.40. The molecule has 2 aromatic heterocycles. The van der Waals surface area contributed by atoms with E-state index in [2.05, 4.69) is 28.0 Å². The average molecular weight is 255 g/mol. The first-order valence-electron chi connectivity index (χ1n) is 7.17. The Labute approximate surface area is 114 Å². The largest absolute Gasteiger partial charge is 0.353 e. The first-order valence-corrected chi connectivity index (χ1v) is 7.17. The number of aromatic nitrogens is 2. The van der Waals surface area contributed by atoms with Gasteiger partial charge in [-0.15, -0.1) is 0 Å². The zero-order valence-electron chi connectivity index (χ0n) is 11.3. The summed E-state index contributed by atoms with van der Waals surface area (Å²) < 4.78 is 2.28. The van der Waals surface area contributed by atoms with Crippen molar-refractivity contribution in [2.45, 2.75) is 44.7 Å². The Kier molecular flexibility index (Phi) is 3.65. The number of hydrogen-bond acceptors (Lipinski definition) is 2. The normalized spacial score (nSPS) is 18.9. The van der Waals surface area contributed by atoms with E-state index in [0.29, 0.717) is 0 Å². The van der Waals surface area contributed by atoms with Crippen LogP contribution < -0.4 is 5.73 Å². The van der Waals surface area contributed by atoms with E-state index in [-0.39, 0.29) is 6.04 Å². The van der Waals surface area contributed by atoms with Crippen LogP contribution in [-0.4, -0.2) is 9.55 Å². The van der Waals surface area contributed by atoms with Crippen LogP contribution in [0.5, 0.6) is 0 Å². The topological polar surface area (TPSA) is 43.8 Å². The van der Waals surface area contributed by atoms with Crippen LogP contribution in [0, 0.1) is 0 Å². The summed E-state index contributed by atoms with van der Waals surface area (Å²) in [7, 11) is 0. The monoisotopic (exact) mass is 255 g/mol. The second kappa shape index (κ2) is 5.57. The quantitative estimate of drug-likeness (QED) is 0.857. The second-order valence-corrected chi connectivity index (χ2v) is 5.40. The number of rotatable bonds is 3. The summed E-state index contributed by atoms with van der Waals surface area (Å²) in [6, 6.07) is 6.32. The van der Waals surface area contributed by atoms with Crippen molar-refractivity contribution in [2.24, 2.45) is 5.73 Å². The molecule has 0 saturated carbocycles. The van der Waals surface area contributed by atoms with Crippen LogP contribution in [0.1, 0.15) is 42.1 Å². The molecule has 3 nitrogen and oxygen atoms in total. The maximum atomic E-state index is 6.24. The van der Waals surface area contributed by atoms with Crippen molar-refractivity contribution < 1.29 is 0 Å². The van der Waals surface area contributed by atoms with Gasteiger partial charge in [0.15, 0.2) is 0 Å². The predicted molar refractivity (Wildman–Crippen MR) is 76.9 cm³/mol. The smallest absolute Gasteiger partial charge is 0.0421 e. The van der Waals surface area contributed by atoms with Gasteiger partial charge in [-0.3, -0.25) is 4.98 Å². The SMILES string of the molecule is NC1CCCCc2cn(CCc3ccccn3)cc21. The fourth-order valence-corrected chi connectivity index (χ4v) is 2.87. The number of fused-ring (bicyclic) bond motifs is 1. The van der Waals surface area contributed by atoms with Crippen molar-refractivity contribution >= 4 is 0 Å². The van der Waals surface area contributed by atoms with Gasteiger partial charge in [-0.2, -0.15) is 0 Å². The lowest BCUT2D eigenvalue weighted by Crippen LogP contribution is -2.09. The van der Waals surface area contributed by atoms with Gasteiger partial charge in [0.05, 0.1) is 0 Å². The Morgan fingerprint density at radius 1 is 1.26 bits per heavy atom. The summed E-state index contributed by atoms with van der Waals surface area (Å²) in [5, 5.41) is 0. The molecule has 3 heteroatoms. The minimum atomic E-state index is 0.230. The van der Waals surface area contributed by atoms with E-state index >= 15 is 0 Å². The lowest BCUT2D eigenvalue weighted by atomic mass is 10.1. The number of aryl methyl sites for hydroxylation is 3. The van der Waals surface area contributed by atoms with Crippen LogP contribution in [0.4, 0.5) is 0 Å². The van der Waals surface area contributed by atoms with Crippen LogP contribution in [0.25, 0.3) is 0 Å². The average Bonchev–Trinajstić information content (AvgIpc) is 2.78. The molecule has 19 heavy (non-hydrogen) atoms. The zero-order chi connectivity index (χ0) is 13.1. The predicted octanol–water partition coefficient (Wildman–Crippen LogP) is 2.85. The number of nitrogens with zero attached hydrogens (tertiary/aromatic N) is 2.